The topological polar surface area (TPSA) is 56.0 Å². The van der Waals surface area contributed by atoms with Crippen LogP contribution in [0.5, 0.6) is 0 Å². The van der Waals surface area contributed by atoms with Gasteiger partial charge in [0.05, 0.1) is 5.56 Å². The number of carbonyl (C=O) groups is 1. The number of nitrogens with zero attached hydrogens (tertiary/aromatic N) is 1. The fourth-order valence-corrected chi connectivity index (χ4v) is 0.509. The van der Waals surface area contributed by atoms with Crippen molar-refractivity contribution in [2.75, 3.05) is 0 Å². The number of aromatic nitrogens is 1. The Morgan fingerprint density at radius 1 is 1.60 bits per heavy atom. The average Bonchev–Trinajstić information content (AvgIpc) is 1.90. The third-order valence-corrected chi connectivity index (χ3v) is 0.946. The molecule has 1 heterocycles. The van der Waals surface area contributed by atoms with Crippen LogP contribution in [0.3, 0.4) is 0 Å². The molecule has 2 N–H and O–H groups in total. The summed E-state index contributed by atoms with van der Waals surface area (Å²) in [7, 11) is 0. The summed E-state index contributed by atoms with van der Waals surface area (Å²) >= 11 is 0. The van der Waals surface area contributed by atoms with Gasteiger partial charge in [-0.15, -0.1) is 0 Å². The first-order valence-electron chi connectivity index (χ1n) is 2.50. The molecule has 0 bridgehead atoms. The van der Waals surface area contributed by atoms with Gasteiger partial charge in [-0.1, -0.05) is 0 Å². The van der Waals surface area contributed by atoms with E-state index in [-0.39, 0.29) is 12.4 Å². The number of hydrogen-bond acceptors (Lipinski definition) is 2. The van der Waals surface area contributed by atoms with Crippen molar-refractivity contribution in [3.05, 3.63) is 30.1 Å². The molecule has 0 aliphatic heterocycles. The van der Waals surface area contributed by atoms with Gasteiger partial charge in [0.25, 0.3) is 0 Å². The van der Waals surface area contributed by atoms with E-state index in [1.165, 1.54) is 6.20 Å². The Balaban J connectivity index is 0.000000810. The number of nitrogens with two attached hydrogens (primary N) is 1. The second-order valence-electron chi connectivity index (χ2n) is 1.61. The number of pyridine rings is 1. The van der Waals surface area contributed by atoms with Crippen molar-refractivity contribution in [3.8, 4) is 0 Å². The quantitative estimate of drug-likeness (QED) is 0.478. The van der Waals surface area contributed by atoms with Crippen LogP contribution in [0.1, 0.15) is 10.4 Å². The Hall–Kier alpha value is -1.09. The highest BCUT2D eigenvalue weighted by molar-refractivity contribution is 5.92. The maximum absolute atomic E-state index is 10.4. The number of rotatable bonds is 1. The molecule has 54 valence electrons. The minimum absolute atomic E-state index is 0. The predicted octanol–water partition coefficient (Wildman–Crippen LogP) is -2.82. The fourth-order valence-electron chi connectivity index (χ4n) is 0.509. The van der Waals surface area contributed by atoms with Crippen LogP contribution in [0.25, 0.3) is 0 Å². The smallest absolute Gasteiger partial charge is 0.250 e. The van der Waals surface area contributed by atoms with Crippen molar-refractivity contribution in [2.45, 2.75) is 0 Å². The molecule has 0 fully saturated rings. The summed E-state index contributed by atoms with van der Waals surface area (Å²) in [6, 6.07) is 3.29. The van der Waals surface area contributed by atoms with E-state index in [4.69, 9.17) is 5.73 Å². The highest BCUT2D eigenvalue weighted by Crippen LogP contribution is 1.91. The van der Waals surface area contributed by atoms with Crippen LogP contribution in [-0.4, -0.2) is 10.9 Å². The van der Waals surface area contributed by atoms with E-state index in [0.29, 0.717) is 5.56 Å². The lowest BCUT2D eigenvalue weighted by Gasteiger charge is -1.88. The summed E-state index contributed by atoms with van der Waals surface area (Å²) in [6.45, 7) is 0. The highest BCUT2D eigenvalue weighted by atomic mass is 35.5. The van der Waals surface area contributed by atoms with Crippen LogP contribution in [0.4, 0.5) is 0 Å². The number of hydrogen-bond donors (Lipinski definition) is 1. The first-order chi connectivity index (χ1) is 4.30. The Kier molecular flexibility index (Phi) is 3.43. The van der Waals surface area contributed by atoms with E-state index < -0.39 is 5.91 Å². The predicted molar refractivity (Wildman–Crippen MR) is 32.8 cm³/mol. The zero-order chi connectivity index (χ0) is 6.69. The molecule has 0 saturated carbocycles. The van der Waals surface area contributed by atoms with E-state index in [2.05, 4.69) is 4.98 Å². The van der Waals surface area contributed by atoms with Crippen LogP contribution in [0, 0.1) is 0 Å². The summed E-state index contributed by atoms with van der Waals surface area (Å²) in [4.78, 5) is 14.1. The molecule has 3 nitrogen and oxygen atoms in total. The van der Waals surface area contributed by atoms with Gasteiger partial charge in [-0.2, -0.15) is 0 Å². The molecular formula is C6H6ClN2O-. The van der Waals surface area contributed by atoms with Crippen LogP contribution >= 0.6 is 0 Å². The molecule has 0 spiro atoms. The monoisotopic (exact) mass is 157 g/mol. The van der Waals surface area contributed by atoms with Gasteiger partial charge in [-0.05, 0) is 12.1 Å². The summed E-state index contributed by atoms with van der Waals surface area (Å²) in [6.07, 6.45) is 3.02. The minimum Gasteiger partial charge on any atom is -1.00 e. The lowest BCUT2D eigenvalue weighted by atomic mass is 10.3. The molecule has 10 heavy (non-hydrogen) atoms. The third-order valence-electron chi connectivity index (χ3n) is 0.946. The molecule has 0 aliphatic carbocycles. The van der Waals surface area contributed by atoms with E-state index in [1.807, 2.05) is 0 Å². The van der Waals surface area contributed by atoms with Crippen molar-refractivity contribution >= 4 is 5.91 Å². The Labute approximate surface area is 64.7 Å². The summed E-state index contributed by atoms with van der Waals surface area (Å²) in [5.41, 5.74) is 5.38. The van der Waals surface area contributed by atoms with Crippen LogP contribution in [-0.2, 0) is 0 Å². The molecule has 1 aromatic heterocycles. The average molecular weight is 158 g/mol. The second-order valence-corrected chi connectivity index (χ2v) is 1.61. The van der Waals surface area contributed by atoms with E-state index in [0.717, 1.165) is 0 Å². The zero-order valence-electron chi connectivity index (χ0n) is 5.12. The second kappa shape index (κ2) is 3.85. The molecule has 0 unspecified atom stereocenters. The molecule has 1 aromatic rings. The van der Waals surface area contributed by atoms with Crippen molar-refractivity contribution in [1.82, 2.24) is 4.98 Å². The van der Waals surface area contributed by atoms with E-state index in [1.54, 1.807) is 18.3 Å². The molecule has 0 radical (unpaired) electrons. The minimum atomic E-state index is -0.442. The van der Waals surface area contributed by atoms with Gasteiger partial charge in [0.1, 0.15) is 0 Å². The summed E-state index contributed by atoms with van der Waals surface area (Å²) in [5.74, 6) is -0.442. The molecule has 0 saturated heterocycles. The maximum Gasteiger partial charge on any atom is 0.250 e. The number of amides is 1. The van der Waals surface area contributed by atoms with Crippen LogP contribution in [0.2, 0.25) is 0 Å². The Bertz CT molecular complexity index is 212. The molecule has 4 heteroatoms. The number of primary amides is 1. The first-order valence-corrected chi connectivity index (χ1v) is 2.50. The van der Waals surface area contributed by atoms with Gasteiger partial charge in [0.2, 0.25) is 5.91 Å². The standard InChI is InChI=1S/C6H6N2O.ClH/c7-6(9)5-2-1-3-8-4-5;/h1-4H,(H2,7,9);1H/p-1. The molecule has 1 amide bonds. The van der Waals surface area contributed by atoms with Gasteiger partial charge in [0.15, 0.2) is 0 Å². The number of carbonyl (C=O) groups excluding carboxylic acids is 1. The SMILES string of the molecule is NC(=O)c1cccnc1.[Cl-]. The lowest BCUT2D eigenvalue weighted by Crippen LogP contribution is -3.00. The van der Waals surface area contributed by atoms with Gasteiger partial charge >= 0.3 is 0 Å². The molecular weight excluding hydrogens is 152 g/mol. The summed E-state index contributed by atoms with van der Waals surface area (Å²) < 4.78 is 0. The summed E-state index contributed by atoms with van der Waals surface area (Å²) in [5, 5.41) is 0. The van der Waals surface area contributed by atoms with Gasteiger partial charge < -0.3 is 18.1 Å². The zero-order valence-corrected chi connectivity index (χ0v) is 5.88. The number of halogens is 1. The van der Waals surface area contributed by atoms with E-state index >= 15 is 0 Å². The van der Waals surface area contributed by atoms with E-state index in [9.17, 15) is 4.79 Å². The highest BCUT2D eigenvalue weighted by Gasteiger charge is 1.94. The van der Waals surface area contributed by atoms with Crippen LogP contribution < -0.4 is 18.1 Å². The maximum atomic E-state index is 10.4. The Morgan fingerprint density at radius 2 is 2.30 bits per heavy atom. The lowest BCUT2D eigenvalue weighted by molar-refractivity contribution is -0.0000102. The molecule has 1 rings (SSSR count). The van der Waals surface area contributed by atoms with Gasteiger partial charge in [-0.3, -0.25) is 9.78 Å². The third kappa shape index (κ3) is 2.03. The molecule has 0 aliphatic rings. The van der Waals surface area contributed by atoms with Gasteiger partial charge in [0, 0.05) is 12.4 Å². The van der Waals surface area contributed by atoms with Crippen molar-refractivity contribution < 1.29 is 17.2 Å². The van der Waals surface area contributed by atoms with Gasteiger partial charge in [-0.25, -0.2) is 0 Å². The molecule has 0 atom stereocenters. The van der Waals surface area contributed by atoms with Crippen LogP contribution in [0.15, 0.2) is 24.5 Å². The normalized spacial score (nSPS) is 8.00. The van der Waals surface area contributed by atoms with Crippen molar-refractivity contribution in [2.24, 2.45) is 5.73 Å². The van der Waals surface area contributed by atoms with Crippen molar-refractivity contribution in [1.29, 1.82) is 0 Å². The Morgan fingerprint density at radius 3 is 2.60 bits per heavy atom. The largest absolute Gasteiger partial charge is 1.00 e. The fraction of sp³-hybridized carbons (Fsp3) is 0. The first kappa shape index (κ1) is 8.91. The van der Waals surface area contributed by atoms with Crippen molar-refractivity contribution in [3.63, 3.8) is 0 Å². The molecule has 0 aromatic carbocycles.